The summed E-state index contributed by atoms with van der Waals surface area (Å²) in [5.41, 5.74) is 7.20. The van der Waals surface area contributed by atoms with Gasteiger partial charge in [-0.15, -0.1) is 0 Å². The van der Waals surface area contributed by atoms with Crippen molar-refractivity contribution >= 4 is 5.57 Å². The van der Waals surface area contributed by atoms with Crippen molar-refractivity contribution in [1.82, 2.24) is 10.1 Å². The van der Waals surface area contributed by atoms with Crippen molar-refractivity contribution in [3.05, 3.63) is 90.0 Å². The predicted octanol–water partition coefficient (Wildman–Crippen LogP) is 6.26. The highest BCUT2D eigenvalue weighted by Gasteiger charge is 2.14. The van der Waals surface area contributed by atoms with Gasteiger partial charge in [0.05, 0.1) is 6.61 Å². The summed E-state index contributed by atoms with van der Waals surface area (Å²) in [6, 6.07) is 14.2. The van der Waals surface area contributed by atoms with Crippen molar-refractivity contribution < 1.29 is 9.26 Å². The first-order valence-corrected chi connectivity index (χ1v) is 9.62. The van der Waals surface area contributed by atoms with Crippen molar-refractivity contribution in [3.63, 3.8) is 0 Å². The first kappa shape index (κ1) is 20.5. The largest absolute Gasteiger partial charge is 0.380 e. The second-order valence-electron chi connectivity index (χ2n) is 6.79. The van der Waals surface area contributed by atoms with Crippen LogP contribution in [-0.2, 0) is 17.8 Å². The molecule has 3 aromatic rings. The van der Waals surface area contributed by atoms with E-state index < -0.39 is 0 Å². The van der Waals surface area contributed by atoms with E-state index in [2.05, 4.69) is 42.4 Å². The normalized spacial score (nSPS) is 11.8. The summed E-state index contributed by atoms with van der Waals surface area (Å²) < 4.78 is 11.0. The van der Waals surface area contributed by atoms with E-state index >= 15 is 0 Å². The SMILES string of the molecule is C=C/C(C)=C(\C=C)c1ccc(-c2nc(-c3cccc(CC)c3)no2)cc1COC. The Kier molecular flexibility index (Phi) is 6.57. The quantitative estimate of drug-likeness (QED) is 0.429. The fourth-order valence-corrected chi connectivity index (χ4v) is 3.25. The van der Waals surface area contributed by atoms with Crippen LogP contribution >= 0.6 is 0 Å². The number of nitrogens with zero attached hydrogens (tertiary/aromatic N) is 2. The van der Waals surface area contributed by atoms with Gasteiger partial charge >= 0.3 is 0 Å². The van der Waals surface area contributed by atoms with Crippen LogP contribution in [-0.4, -0.2) is 17.3 Å². The molecule has 0 bridgehead atoms. The molecular formula is C25H26N2O2. The summed E-state index contributed by atoms with van der Waals surface area (Å²) in [6.45, 7) is 12.4. The van der Waals surface area contributed by atoms with Gasteiger partial charge in [-0.2, -0.15) is 4.98 Å². The lowest BCUT2D eigenvalue weighted by atomic mass is 9.94. The molecule has 0 saturated heterocycles. The summed E-state index contributed by atoms with van der Waals surface area (Å²) in [6.07, 6.45) is 4.64. The van der Waals surface area contributed by atoms with Crippen molar-refractivity contribution in [3.8, 4) is 22.8 Å². The van der Waals surface area contributed by atoms with Crippen LogP contribution in [0, 0.1) is 0 Å². The second-order valence-corrected chi connectivity index (χ2v) is 6.79. The monoisotopic (exact) mass is 386 g/mol. The molecule has 0 fully saturated rings. The van der Waals surface area contributed by atoms with Gasteiger partial charge in [0.2, 0.25) is 5.82 Å². The molecule has 0 unspecified atom stereocenters. The van der Waals surface area contributed by atoms with E-state index in [4.69, 9.17) is 9.26 Å². The van der Waals surface area contributed by atoms with Crippen LogP contribution in [0.3, 0.4) is 0 Å². The van der Waals surface area contributed by atoms with Crippen LogP contribution in [0.2, 0.25) is 0 Å². The average molecular weight is 386 g/mol. The van der Waals surface area contributed by atoms with Gasteiger partial charge in [0.25, 0.3) is 5.89 Å². The number of ether oxygens (including phenoxy) is 1. The van der Waals surface area contributed by atoms with Crippen molar-refractivity contribution in [1.29, 1.82) is 0 Å². The highest BCUT2D eigenvalue weighted by atomic mass is 16.5. The molecule has 0 amide bonds. The Balaban J connectivity index is 2.02. The van der Waals surface area contributed by atoms with Gasteiger partial charge in [0.15, 0.2) is 0 Å². The van der Waals surface area contributed by atoms with Gasteiger partial charge in [-0.05, 0) is 59.4 Å². The Morgan fingerprint density at radius 1 is 1.10 bits per heavy atom. The van der Waals surface area contributed by atoms with Crippen LogP contribution < -0.4 is 0 Å². The van der Waals surface area contributed by atoms with Gasteiger partial charge in [-0.3, -0.25) is 0 Å². The van der Waals surface area contributed by atoms with Crippen LogP contribution in [0.25, 0.3) is 28.4 Å². The number of hydrogen-bond acceptors (Lipinski definition) is 4. The molecule has 0 atom stereocenters. The lowest BCUT2D eigenvalue weighted by Crippen LogP contribution is -1.97. The topological polar surface area (TPSA) is 48.2 Å². The molecule has 3 rings (SSSR count). The Morgan fingerprint density at radius 3 is 2.62 bits per heavy atom. The van der Waals surface area contributed by atoms with Gasteiger partial charge in [-0.25, -0.2) is 0 Å². The molecule has 4 heteroatoms. The standard InChI is InChI=1S/C25H26N2O2/c1-6-17(4)22(8-3)23-13-12-20(15-21(23)16-28-5)25-26-24(27-29-25)19-11-9-10-18(7-2)14-19/h6,8-15H,1,3,7,16H2,2,4-5H3/b22-17+. The number of hydrogen-bond donors (Lipinski definition) is 0. The second kappa shape index (κ2) is 9.30. The smallest absolute Gasteiger partial charge is 0.258 e. The molecule has 0 saturated carbocycles. The summed E-state index contributed by atoms with van der Waals surface area (Å²) >= 11 is 0. The van der Waals surface area contributed by atoms with Gasteiger partial charge in [0.1, 0.15) is 0 Å². The molecule has 2 aromatic carbocycles. The number of allylic oxidation sites excluding steroid dienone is 4. The Bertz CT molecular complexity index is 1060. The maximum absolute atomic E-state index is 5.56. The number of rotatable bonds is 8. The zero-order valence-electron chi connectivity index (χ0n) is 17.2. The molecule has 29 heavy (non-hydrogen) atoms. The van der Waals surface area contributed by atoms with Crippen molar-refractivity contribution in [2.24, 2.45) is 0 Å². The van der Waals surface area contributed by atoms with Gasteiger partial charge in [-0.1, -0.05) is 61.7 Å². The minimum Gasteiger partial charge on any atom is -0.380 e. The van der Waals surface area contributed by atoms with E-state index in [1.807, 2.05) is 49.4 Å². The molecule has 0 aliphatic carbocycles. The lowest BCUT2D eigenvalue weighted by Gasteiger charge is -2.13. The number of benzene rings is 2. The Labute approximate surface area is 172 Å². The fraction of sp³-hybridized carbons (Fsp3) is 0.200. The first-order chi connectivity index (χ1) is 14.1. The summed E-state index contributed by atoms with van der Waals surface area (Å²) in [4.78, 5) is 4.61. The van der Waals surface area contributed by atoms with Gasteiger partial charge < -0.3 is 9.26 Å². The maximum atomic E-state index is 5.56. The molecule has 148 valence electrons. The third-order valence-corrected chi connectivity index (χ3v) is 4.90. The highest BCUT2D eigenvalue weighted by Crippen LogP contribution is 2.30. The van der Waals surface area contributed by atoms with E-state index in [1.165, 1.54) is 5.56 Å². The van der Waals surface area contributed by atoms with E-state index in [9.17, 15) is 0 Å². The molecule has 0 aliphatic heterocycles. The lowest BCUT2D eigenvalue weighted by molar-refractivity contribution is 0.184. The maximum Gasteiger partial charge on any atom is 0.258 e. The first-order valence-electron chi connectivity index (χ1n) is 9.62. The number of aromatic nitrogens is 2. The zero-order chi connectivity index (χ0) is 20.8. The Hall–Kier alpha value is -3.24. The van der Waals surface area contributed by atoms with E-state index in [0.29, 0.717) is 18.3 Å². The summed E-state index contributed by atoms with van der Waals surface area (Å²) in [7, 11) is 1.68. The minimum absolute atomic E-state index is 0.463. The van der Waals surface area contributed by atoms with E-state index in [-0.39, 0.29) is 0 Å². The third-order valence-electron chi connectivity index (χ3n) is 4.90. The van der Waals surface area contributed by atoms with Crippen LogP contribution in [0.15, 0.2) is 77.9 Å². The van der Waals surface area contributed by atoms with Crippen LogP contribution in [0.1, 0.15) is 30.5 Å². The summed E-state index contributed by atoms with van der Waals surface area (Å²) in [5.74, 6) is 1.07. The van der Waals surface area contributed by atoms with E-state index in [0.717, 1.165) is 39.8 Å². The molecule has 0 radical (unpaired) electrons. The molecule has 0 N–H and O–H groups in total. The number of aryl methyl sites for hydroxylation is 1. The third kappa shape index (κ3) is 4.44. The van der Waals surface area contributed by atoms with Gasteiger partial charge in [0, 0.05) is 18.2 Å². The average Bonchev–Trinajstić information content (AvgIpc) is 3.25. The predicted molar refractivity (Wildman–Crippen MR) is 118 cm³/mol. The molecule has 4 nitrogen and oxygen atoms in total. The molecule has 0 spiro atoms. The molecule has 1 heterocycles. The van der Waals surface area contributed by atoms with Crippen LogP contribution in [0.5, 0.6) is 0 Å². The Morgan fingerprint density at radius 2 is 1.93 bits per heavy atom. The van der Waals surface area contributed by atoms with Crippen LogP contribution in [0.4, 0.5) is 0 Å². The zero-order valence-corrected chi connectivity index (χ0v) is 17.2. The molecular weight excluding hydrogens is 360 g/mol. The fourth-order valence-electron chi connectivity index (χ4n) is 3.25. The van der Waals surface area contributed by atoms with E-state index in [1.54, 1.807) is 7.11 Å². The van der Waals surface area contributed by atoms with Crippen molar-refractivity contribution in [2.75, 3.05) is 7.11 Å². The van der Waals surface area contributed by atoms with Crippen molar-refractivity contribution in [2.45, 2.75) is 26.9 Å². The minimum atomic E-state index is 0.463. The molecule has 0 aliphatic rings. The summed E-state index contributed by atoms with van der Waals surface area (Å²) in [5, 5.41) is 4.17. The molecule has 1 aromatic heterocycles. The highest BCUT2D eigenvalue weighted by molar-refractivity contribution is 5.80. The number of methoxy groups -OCH3 is 1.